The Kier molecular flexibility index (Phi) is 6.60. The summed E-state index contributed by atoms with van der Waals surface area (Å²) in [5.74, 6) is 1.50. The molecule has 0 N–H and O–H groups in total. The predicted octanol–water partition coefficient (Wildman–Crippen LogP) is 4.41. The summed E-state index contributed by atoms with van der Waals surface area (Å²) >= 11 is 3.47. The third-order valence-corrected chi connectivity index (χ3v) is 3.29. The number of benzene rings is 1. The van der Waals surface area contributed by atoms with Gasteiger partial charge in [-0.25, -0.2) is 0 Å². The molecular formula is C14H21BrO2. The van der Waals surface area contributed by atoms with Crippen LogP contribution >= 0.6 is 15.9 Å². The molecule has 1 aromatic carbocycles. The summed E-state index contributed by atoms with van der Waals surface area (Å²) in [6.07, 6.45) is 2.45. The van der Waals surface area contributed by atoms with Crippen molar-refractivity contribution in [1.29, 1.82) is 0 Å². The first-order chi connectivity index (χ1) is 8.17. The van der Waals surface area contributed by atoms with Crippen LogP contribution in [0.1, 0.15) is 32.3 Å². The minimum Gasteiger partial charge on any atom is -0.496 e. The van der Waals surface area contributed by atoms with Gasteiger partial charge >= 0.3 is 0 Å². The maximum atomic E-state index is 5.70. The van der Waals surface area contributed by atoms with E-state index >= 15 is 0 Å². The second-order valence-corrected chi connectivity index (χ2v) is 5.23. The molecule has 0 aliphatic heterocycles. The van der Waals surface area contributed by atoms with Gasteiger partial charge in [-0.1, -0.05) is 26.3 Å². The van der Waals surface area contributed by atoms with Gasteiger partial charge in [-0.3, -0.25) is 0 Å². The van der Waals surface area contributed by atoms with Crippen LogP contribution in [0.4, 0.5) is 0 Å². The molecule has 1 rings (SSSR count). The Morgan fingerprint density at radius 1 is 1.35 bits per heavy atom. The highest BCUT2D eigenvalue weighted by Crippen LogP contribution is 2.25. The Bertz CT molecular complexity index is 339. The van der Waals surface area contributed by atoms with E-state index in [9.17, 15) is 0 Å². The lowest BCUT2D eigenvalue weighted by molar-refractivity contribution is 0.0893. The number of ether oxygens (including phenoxy) is 2. The van der Waals surface area contributed by atoms with Crippen LogP contribution in [0, 0.1) is 5.92 Å². The summed E-state index contributed by atoms with van der Waals surface area (Å²) in [5.41, 5.74) is 1.17. The Morgan fingerprint density at radius 2 is 2.12 bits per heavy atom. The maximum Gasteiger partial charge on any atom is 0.133 e. The van der Waals surface area contributed by atoms with Gasteiger partial charge in [0.15, 0.2) is 0 Å². The normalized spacial score (nSPS) is 12.5. The molecule has 0 bridgehead atoms. The Balaban J connectivity index is 2.39. The number of hydrogen-bond acceptors (Lipinski definition) is 2. The van der Waals surface area contributed by atoms with E-state index in [0.29, 0.717) is 12.5 Å². The maximum absolute atomic E-state index is 5.70. The van der Waals surface area contributed by atoms with Crippen molar-refractivity contribution in [2.45, 2.75) is 33.3 Å². The minimum absolute atomic E-state index is 0.640. The third kappa shape index (κ3) is 5.09. The molecule has 0 saturated heterocycles. The van der Waals surface area contributed by atoms with Crippen molar-refractivity contribution in [2.75, 3.05) is 13.7 Å². The number of halogens is 1. The van der Waals surface area contributed by atoms with Crippen molar-refractivity contribution in [3.05, 3.63) is 28.2 Å². The smallest absolute Gasteiger partial charge is 0.133 e. The van der Waals surface area contributed by atoms with Gasteiger partial charge in [0.25, 0.3) is 0 Å². The average molecular weight is 301 g/mol. The first-order valence-electron chi connectivity index (χ1n) is 6.07. The molecule has 1 unspecified atom stereocenters. The standard InChI is InChI=1S/C14H21BrO2/c1-4-5-11(2)9-17-10-12-6-7-14(16-3)13(15)8-12/h6-8,11H,4-5,9-10H2,1-3H3. The van der Waals surface area contributed by atoms with E-state index in [1.165, 1.54) is 18.4 Å². The van der Waals surface area contributed by atoms with Crippen molar-refractivity contribution < 1.29 is 9.47 Å². The molecule has 0 saturated carbocycles. The van der Waals surface area contributed by atoms with Crippen molar-refractivity contribution >= 4 is 15.9 Å². The molecule has 0 spiro atoms. The van der Waals surface area contributed by atoms with Crippen LogP contribution in [-0.4, -0.2) is 13.7 Å². The number of hydrogen-bond donors (Lipinski definition) is 0. The van der Waals surface area contributed by atoms with E-state index in [1.807, 2.05) is 18.2 Å². The van der Waals surface area contributed by atoms with Crippen LogP contribution in [-0.2, 0) is 11.3 Å². The van der Waals surface area contributed by atoms with Crippen molar-refractivity contribution in [3.63, 3.8) is 0 Å². The number of methoxy groups -OCH3 is 1. The van der Waals surface area contributed by atoms with E-state index in [1.54, 1.807) is 7.11 Å². The van der Waals surface area contributed by atoms with Crippen molar-refractivity contribution in [1.82, 2.24) is 0 Å². The van der Waals surface area contributed by atoms with E-state index < -0.39 is 0 Å². The molecule has 0 fully saturated rings. The lowest BCUT2D eigenvalue weighted by Gasteiger charge is -2.11. The quantitative estimate of drug-likeness (QED) is 0.742. The topological polar surface area (TPSA) is 18.5 Å². The summed E-state index contributed by atoms with van der Waals surface area (Å²) < 4.78 is 11.9. The van der Waals surface area contributed by atoms with Gasteiger partial charge in [-0.2, -0.15) is 0 Å². The first kappa shape index (κ1) is 14.5. The molecule has 96 valence electrons. The van der Waals surface area contributed by atoms with Gasteiger partial charge < -0.3 is 9.47 Å². The van der Waals surface area contributed by atoms with Gasteiger partial charge in [0, 0.05) is 6.61 Å². The first-order valence-corrected chi connectivity index (χ1v) is 6.86. The summed E-state index contributed by atoms with van der Waals surface area (Å²) in [7, 11) is 1.67. The summed E-state index contributed by atoms with van der Waals surface area (Å²) in [4.78, 5) is 0. The van der Waals surface area contributed by atoms with Crippen molar-refractivity contribution in [2.24, 2.45) is 5.92 Å². The van der Waals surface area contributed by atoms with E-state index in [-0.39, 0.29) is 0 Å². The second kappa shape index (κ2) is 7.72. The van der Waals surface area contributed by atoms with Crippen molar-refractivity contribution in [3.8, 4) is 5.75 Å². The summed E-state index contributed by atoms with van der Waals surface area (Å²) in [6.45, 7) is 5.93. The lowest BCUT2D eigenvalue weighted by Crippen LogP contribution is -2.05. The average Bonchev–Trinajstić information content (AvgIpc) is 2.29. The molecule has 0 aromatic heterocycles. The Morgan fingerprint density at radius 3 is 2.71 bits per heavy atom. The molecule has 17 heavy (non-hydrogen) atoms. The van der Waals surface area contributed by atoms with Crippen LogP contribution in [0.2, 0.25) is 0 Å². The predicted molar refractivity (Wildman–Crippen MR) is 74.4 cm³/mol. The fourth-order valence-corrected chi connectivity index (χ4v) is 2.34. The van der Waals surface area contributed by atoms with Crippen LogP contribution in [0.25, 0.3) is 0 Å². The van der Waals surface area contributed by atoms with Crippen LogP contribution < -0.4 is 4.74 Å². The van der Waals surface area contributed by atoms with Crippen LogP contribution in [0.5, 0.6) is 5.75 Å². The molecule has 2 nitrogen and oxygen atoms in total. The van der Waals surface area contributed by atoms with E-state index in [4.69, 9.17) is 9.47 Å². The minimum atomic E-state index is 0.640. The zero-order chi connectivity index (χ0) is 12.7. The van der Waals surface area contributed by atoms with Gasteiger partial charge in [-0.15, -0.1) is 0 Å². The molecule has 0 aliphatic carbocycles. The fraction of sp³-hybridized carbons (Fsp3) is 0.571. The SMILES string of the molecule is CCCC(C)COCc1ccc(OC)c(Br)c1. The lowest BCUT2D eigenvalue weighted by atomic mass is 10.1. The largest absolute Gasteiger partial charge is 0.496 e. The van der Waals surface area contributed by atoms with Gasteiger partial charge in [0.1, 0.15) is 5.75 Å². The van der Waals surface area contributed by atoms with Crippen LogP contribution in [0.3, 0.4) is 0 Å². The van der Waals surface area contributed by atoms with E-state index in [2.05, 4.69) is 29.8 Å². The fourth-order valence-electron chi connectivity index (χ4n) is 1.75. The zero-order valence-electron chi connectivity index (χ0n) is 10.8. The Labute approximate surface area is 112 Å². The Hall–Kier alpha value is -0.540. The third-order valence-electron chi connectivity index (χ3n) is 2.67. The molecule has 1 aromatic rings. The second-order valence-electron chi connectivity index (χ2n) is 4.38. The van der Waals surface area contributed by atoms with Gasteiger partial charge in [-0.05, 0) is 46.0 Å². The summed E-state index contributed by atoms with van der Waals surface area (Å²) in [6, 6.07) is 6.04. The zero-order valence-corrected chi connectivity index (χ0v) is 12.4. The van der Waals surface area contributed by atoms with E-state index in [0.717, 1.165) is 16.8 Å². The monoisotopic (exact) mass is 300 g/mol. The molecule has 0 aliphatic rings. The molecule has 0 amide bonds. The molecule has 3 heteroatoms. The molecular weight excluding hydrogens is 280 g/mol. The highest BCUT2D eigenvalue weighted by atomic mass is 79.9. The highest BCUT2D eigenvalue weighted by Gasteiger charge is 2.03. The summed E-state index contributed by atoms with van der Waals surface area (Å²) in [5, 5.41) is 0. The molecule has 1 atom stereocenters. The highest BCUT2D eigenvalue weighted by molar-refractivity contribution is 9.10. The van der Waals surface area contributed by atoms with Gasteiger partial charge in [0.05, 0.1) is 18.2 Å². The molecule has 0 radical (unpaired) electrons. The van der Waals surface area contributed by atoms with Gasteiger partial charge in [0.2, 0.25) is 0 Å². The number of rotatable bonds is 7. The van der Waals surface area contributed by atoms with Crippen LogP contribution in [0.15, 0.2) is 22.7 Å². The molecule has 0 heterocycles.